The van der Waals surface area contributed by atoms with E-state index >= 15 is 0 Å². The number of rotatable bonds is 5. The second kappa shape index (κ2) is 7.26. The predicted octanol–water partition coefficient (Wildman–Crippen LogP) is 1.65. The van der Waals surface area contributed by atoms with Crippen LogP contribution in [-0.2, 0) is 9.59 Å². The van der Waals surface area contributed by atoms with E-state index in [2.05, 4.69) is 10.3 Å². The van der Waals surface area contributed by atoms with Crippen LogP contribution in [0, 0.1) is 20.2 Å². The molecule has 0 saturated heterocycles. The molecular weight excluding hydrogens is 374 g/mol. The quantitative estimate of drug-likeness (QED) is 0.599. The summed E-state index contributed by atoms with van der Waals surface area (Å²) < 4.78 is 5.37. The summed E-state index contributed by atoms with van der Waals surface area (Å²) in [4.78, 5) is 49.9. The third-order valence-electron chi connectivity index (χ3n) is 3.85. The monoisotopic (exact) mass is 387 g/mol. The number of benzene rings is 1. The van der Waals surface area contributed by atoms with E-state index in [1.807, 2.05) is 0 Å². The van der Waals surface area contributed by atoms with Gasteiger partial charge in [0, 0.05) is 23.9 Å². The number of carbonyl (C=O) groups is 2. The van der Waals surface area contributed by atoms with Gasteiger partial charge in [-0.3, -0.25) is 24.6 Å². The summed E-state index contributed by atoms with van der Waals surface area (Å²) in [5, 5.41) is 24.1. The number of amides is 2. The van der Waals surface area contributed by atoms with E-state index in [0.29, 0.717) is 0 Å². The van der Waals surface area contributed by atoms with Crippen molar-refractivity contribution in [3.63, 3.8) is 0 Å². The maximum absolute atomic E-state index is 12.4. The van der Waals surface area contributed by atoms with Gasteiger partial charge in [-0.2, -0.15) is 0 Å². The van der Waals surface area contributed by atoms with Gasteiger partial charge in [0.2, 0.25) is 5.91 Å². The number of fused-ring (bicyclic) bond motifs is 1. The van der Waals surface area contributed by atoms with E-state index in [4.69, 9.17) is 4.74 Å². The zero-order valence-corrected chi connectivity index (χ0v) is 14.4. The Hall–Kier alpha value is -4.09. The molecule has 1 aromatic carbocycles. The maximum atomic E-state index is 12.4. The molecule has 1 aliphatic rings. The predicted molar refractivity (Wildman–Crippen MR) is 95.1 cm³/mol. The van der Waals surface area contributed by atoms with Crippen LogP contribution in [0.3, 0.4) is 0 Å². The smallest absolute Gasteiger partial charge is 0.366 e. The third kappa shape index (κ3) is 3.70. The summed E-state index contributed by atoms with van der Waals surface area (Å²) in [6.07, 6.45) is -0.900. The van der Waals surface area contributed by atoms with Crippen molar-refractivity contribution in [2.24, 2.45) is 0 Å². The minimum absolute atomic E-state index is 0.129. The number of ether oxygens (including phenoxy) is 1. The molecular formula is C16H13N5O7. The van der Waals surface area contributed by atoms with Crippen molar-refractivity contribution in [2.45, 2.75) is 13.0 Å². The van der Waals surface area contributed by atoms with Gasteiger partial charge in [-0.1, -0.05) is 0 Å². The molecule has 2 aromatic rings. The van der Waals surface area contributed by atoms with Crippen molar-refractivity contribution in [1.29, 1.82) is 0 Å². The highest BCUT2D eigenvalue weighted by atomic mass is 16.6. The number of nitrogens with one attached hydrogen (secondary N) is 1. The second-order valence-electron chi connectivity index (χ2n) is 5.78. The van der Waals surface area contributed by atoms with Gasteiger partial charge in [0.15, 0.2) is 11.9 Å². The van der Waals surface area contributed by atoms with Crippen molar-refractivity contribution in [3.8, 4) is 5.75 Å². The normalized spacial score (nSPS) is 15.4. The van der Waals surface area contributed by atoms with E-state index < -0.39 is 40.1 Å². The van der Waals surface area contributed by atoms with Gasteiger partial charge < -0.3 is 20.2 Å². The Labute approximate surface area is 157 Å². The Kier molecular flexibility index (Phi) is 4.85. The number of hydrogen-bond acceptors (Lipinski definition) is 8. The highest BCUT2D eigenvalue weighted by molar-refractivity contribution is 6.05. The summed E-state index contributed by atoms with van der Waals surface area (Å²) in [6.45, 7) is 1.01. The number of carbonyl (C=O) groups excluding carboxylic acids is 2. The number of anilines is 2. The van der Waals surface area contributed by atoms with Gasteiger partial charge in [0.05, 0.1) is 4.92 Å². The Morgan fingerprint density at radius 3 is 2.46 bits per heavy atom. The summed E-state index contributed by atoms with van der Waals surface area (Å²) >= 11 is 0. The summed E-state index contributed by atoms with van der Waals surface area (Å²) in [6, 6.07) is 7.57. The van der Waals surface area contributed by atoms with Gasteiger partial charge in [0.1, 0.15) is 6.54 Å². The SMILES string of the molecule is CC1Oc2ccc([N+](=O)[O-])nc2N(CC(=O)Nc2ccc([N+](=O)[O-])cc2)C1=O. The van der Waals surface area contributed by atoms with Crippen LogP contribution in [-0.4, -0.2) is 39.3 Å². The Morgan fingerprint density at radius 1 is 1.18 bits per heavy atom. The van der Waals surface area contributed by atoms with E-state index in [0.717, 1.165) is 11.0 Å². The molecule has 1 unspecified atom stereocenters. The average Bonchev–Trinajstić information content (AvgIpc) is 2.65. The molecule has 144 valence electrons. The number of hydrogen-bond donors (Lipinski definition) is 1. The summed E-state index contributed by atoms with van der Waals surface area (Å²) in [5.41, 5.74) is 0.150. The molecule has 0 bridgehead atoms. The number of non-ortho nitro benzene ring substituents is 1. The fourth-order valence-corrected chi connectivity index (χ4v) is 2.54. The Morgan fingerprint density at radius 2 is 1.86 bits per heavy atom. The maximum Gasteiger partial charge on any atom is 0.366 e. The van der Waals surface area contributed by atoms with Crippen LogP contribution >= 0.6 is 0 Å². The van der Waals surface area contributed by atoms with Gasteiger partial charge in [-0.05, 0) is 35.0 Å². The third-order valence-corrected chi connectivity index (χ3v) is 3.85. The molecule has 12 heteroatoms. The molecule has 0 fully saturated rings. The van der Waals surface area contributed by atoms with Gasteiger partial charge in [0.25, 0.3) is 17.4 Å². The minimum atomic E-state index is -0.900. The molecule has 1 aliphatic heterocycles. The summed E-state index contributed by atoms with van der Waals surface area (Å²) in [7, 11) is 0. The van der Waals surface area contributed by atoms with Crippen LogP contribution < -0.4 is 15.0 Å². The first-order chi connectivity index (χ1) is 13.3. The minimum Gasteiger partial charge on any atom is -0.475 e. The summed E-state index contributed by atoms with van der Waals surface area (Å²) in [5.74, 6) is -1.68. The standard InChI is InChI=1S/C16H13N5O7/c1-9-16(23)19(15-12(28-9)6-7-13(18-15)21(26)27)8-14(22)17-10-2-4-11(5-3-10)20(24)25/h2-7,9H,8H2,1H3,(H,17,22). The molecule has 2 amide bonds. The topological polar surface area (TPSA) is 158 Å². The number of nitrogens with zero attached hydrogens (tertiary/aromatic N) is 4. The molecule has 2 heterocycles. The van der Waals surface area contributed by atoms with E-state index in [1.54, 1.807) is 0 Å². The first-order valence-corrected chi connectivity index (χ1v) is 7.94. The van der Waals surface area contributed by atoms with Crippen molar-refractivity contribution in [2.75, 3.05) is 16.8 Å². The number of nitro benzene ring substituents is 1. The zero-order chi connectivity index (χ0) is 20.4. The van der Waals surface area contributed by atoms with Gasteiger partial charge in [-0.15, -0.1) is 0 Å². The molecule has 1 N–H and O–H groups in total. The molecule has 12 nitrogen and oxygen atoms in total. The molecule has 1 atom stereocenters. The Bertz CT molecular complexity index is 976. The molecule has 0 aliphatic carbocycles. The van der Waals surface area contributed by atoms with E-state index in [-0.39, 0.29) is 22.9 Å². The lowest BCUT2D eigenvalue weighted by molar-refractivity contribution is -0.389. The fraction of sp³-hybridized carbons (Fsp3) is 0.188. The molecule has 1 aromatic heterocycles. The van der Waals surface area contributed by atoms with Crippen molar-refractivity contribution < 1.29 is 24.2 Å². The number of nitro groups is 2. The molecule has 0 radical (unpaired) electrons. The van der Waals surface area contributed by atoms with Crippen molar-refractivity contribution in [1.82, 2.24) is 4.98 Å². The fourth-order valence-electron chi connectivity index (χ4n) is 2.54. The first-order valence-electron chi connectivity index (χ1n) is 7.94. The lowest BCUT2D eigenvalue weighted by Crippen LogP contribution is -2.48. The molecule has 0 saturated carbocycles. The largest absolute Gasteiger partial charge is 0.475 e. The molecule has 0 spiro atoms. The van der Waals surface area contributed by atoms with Crippen LogP contribution in [0.15, 0.2) is 36.4 Å². The van der Waals surface area contributed by atoms with Crippen LogP contribution in [0.1, 0.15) is 6.92 Å². The van der Waals surface area contributed by atoms with Gasteiger partial charge in [-0.25, -0.2) is 0 Å². The number of pyridine rings is 1. The van der Waals surface area contributed by atoms with Crippen LogP contribution in [0.2, 0.25) is 0 Å². The first kappa shape index (κ1) is 18.7. The van der Waals surface area contributed by atoms with Crippen LogP contribution in [0.5, 0.6) is 5.75 Å². The van der Waals surface area contributed by atoms with Crippen LogP contribution in [0.25, 0.3) is 0 Å². The Balaban J connectivity index is 1.81. The lowest BCUT2D eigenvalue weighted by atomic mass is 10.2. The average molecular weight is 387 g/mol. The van der Waals surface area contributed by atoms with Crippen molar-refractivity contribution in [3.05, 3.63) is 56.6 Å². The lowest BCUT2D eigenvalue weighted by Gasteiger charge is -2.28. The second-order valence-corrected chi connectivity index (χ2v) is 5.78. The highest BCUT2D eigenvalue weighted by Gasteiger charge is 2.37. The zero-order valence-electron chi connectivity index (χ0n) is 14.4. The van der Waals surface area contributed by atoms with Crippen molar-refractivity contribution >= 4 is 34.8 Å². The molecule has 3 rings (SSSR count). The van der Waals surface area contributed by atoms with Gasteiger partial charge >= 0.3 is 5.82 Å². The highest BCUT2D eigenvalue weighted by Crippen LogP contribution is 2.33. The van der Waals surface area contributed by atoms with E-state index in [9.17, 15) is 29.8 Å². The van der Waals surface area contributed by atoms with E-state index in [1.165, 1.54) is 37.3 Å². The van der Waals surface area contributed by atoms with Crippen LogP contribution in [0.4, 0.5) is 23.0 Å². The number of aromatic nitrogens is 1. The molecule has 28 heavy (non-hydrogen) atoms.